The second kappa shape index (κ2) is 11.9. The molecule has 2 aromatic rings. The fraction of sp³-hybridized carbons (Fsp3) is 0.429. The van der Waals surface area contributed by atoms with E-state index >= 15 is 0 Å². The van der Waals surface area contributed by atoms with Crippen LogP contribution in [0.2, 0.25) is 0 Å². The van der Waals surface area contributed by atoms with Crippen molar-refractivity contribution in [1.82, 2.24) is 9.80 Å². The molecule has 0 spiro atoms. The van der Waals surface area contributed by atoms with Crippen LogP contribution in [0.1, 0.15) is 49.9 Å². The first-order valence-corrected chi connectivity index (χ1v) is 12.2. The summed E-state index contributed by atoms with van der Waals surface area (Å²) in [6, 6.07) is 11.9. The number of carbonyl (C=O) groups excluding carboxylic acids is 2. The zero-order valence-corrected chi connectivity index (χ0v) is 21.3. The van der Waals surface area contributed by atoms with Crippen molar-refractivity contribution in [2.75, 3.05) is 39.9 Å². The molecule has 2 aromatic carbocycles. The molecule has 1 unspecified atom stereocenters. The molecule has 1 saturated heterocycles. The predicted molar refractivity (Wildman–Crippen MR) is 137 cm³/mol. The topological polar surface area (TPSA) is 79.3 Å². The minimum atomic E-state index is -0.724. The number of ether oxygens (including phenoxy) is 2. The molecule has 1 N–H and O–H groups in total. The van der Waals surface area contributed by atoms with Crippen LogP contribution in [0.3, 0.4) is 0 Å². The molecule has 188 valence electrons. The molecule has 1 aliphatic rings. The summed E-state index contributed by atoms with van der Waals surface area (Å²) in [6.45, 7) is 11.6. The molecule has 1 amide bonds. The van der Waals surface area contributed by atoms with E-state index in [0.717, 1.165) is 25.2 Å². The van der Waals surface area contributed by atoms with Gasteiger partial charge in [-0.05, 0) is 57.6 Å². The van der Waals surface area contributed by atoms with Gasteiger partial charge in [0.25, 0.3) is 11.7 Å². The molecule has 1 heterocycles. The number of methoxy groups -OCH3 is 1. The second-order valence-electron chi connectivity index (χ2n) is 8.58. The SMILES string of the molecule is CCOc1ccc(C2/C(=C(/O)c3ccc(C)cc3)C(=O)C(=O)N2CCCN(CC)CC)cc1OC. The third-order valence-corrected chi connectivity index (χ3v) is 6.44. The number of aryl methyl sites for hydroxylation is 1. The molecule has 1 atom stereocenters. The fourth-order valence-electron chi connectivity index (χ4n) is 4.46. The Morgan fingerprint density at radius 2 is 1.71 bits per heavy atom. The molecule has 0 radical (unpaired) electrons. The first-order valence-electron chi connectivity index (χ1n) is 12.2. The van der Waals surface area contributed by atoms with Gasteiger partial charge in [-0.25, -0.2) is 0 Å². The van der Waals surface area contributed by atoms with Crippen LogP contribution in [0.25, 0.3) is 5.76 Å². The molecule has 0 aliphatic carbocycles. The zero-order chi connectivity index (χ0) is 25.5. The highest BCUT2D eigenvalue weighted by Crippen LogP contribution is 2.42. The van der Waals surface area contributed by atoms with Gasteiger partial charge in [0.1, 0.15) is 5.76 Å². The third kappa shape index (κ3) is 5.68. The fourth-order valence-corrected chi connectivity index (χ4v) is 4.46. The lowest BCUT2D eigenvalue weighted by Gasteiger charge is -2.27. The van der Waals surface area contributed by atoms with Gasteiger partial charge in [-0.1, -0.05) is 49.7 Å². The Labute approximate surface area is 207 Å². The first kappa shape index (κ1) is 26.3. The Morgan fingerprint density at radius 3 is 2.31 bits per heavy atom. The number of hydrogen-bond donors (Lipinski definition) is 1. The normalized spacial score (nSPS) is 17.3. The van der Waals surface area contributed by atoms with Crippen LogP contribution in [0.5, 0.6) is 11.5 Å². The average Bonchev–Trinajstić information content (AvgIpc) is 3.12. The van der Waals surface area contributed by atoms with Gasteiger partial charge in [0.05, 0.1) is 25.3 Å². The minimum Gasteiger partial charge on any atom is -0.507 e. The van der Waals surface area contributed by atoms with Crippen molar-refractivity contribution >= 4 is 17.4 Å². The summed E-state index contributed by atoms with van der Waals surface area (Å²) in [5.41, 5.74) is 2.31. The van der Waals surface area contributed by atoms with Crippen LogP contribution >= 0.6 is 0 Å². The Kier molecular flexibility index (Phi) is 8.93. The van der Waals surface area contributed by atoms with Gasteiger partial charge >= 0.3 is 0 Å². The molecule has 7 nitrogen and oxygen atoms in total. The quantitative estimate of drug-likeness (QED) is 0.289. The maximum atomic E-state index is 13.2. The van der Waals surface area contributed by atoms with E-state index in [0.29, 0.717) is 42.2 Å². The van der Waals surface area contributed by atoms with E-state index in [1.807, 2.05) is 32.0 Å². The lowest BCUT2D eigenvalue weighted by Crippen LogP contribution is -2.33. The highest BCUT2D eigenvalue weighted by molar-refractivity contribution is 6.46. The van der Waals surface area contributed by atoms with Crippen molar-refractivity contribution in [2.24, 2.45) is 0 Å². The average molecular weight is 481 g/mol. The van der Waals surface area contributed by atoms with Gasteiger partial charge in [0.15, 0.2) is 11.5 Å². The van der Waals surface area contributed by atoms with E-state index in [4.69, 9.17) is 9.47 Å². The Morgan fingerprint density at radius 1 is 1.03 bits per heavy atom. The van der Waals surface area contributed by atoms with Crippen molar-refractivity contribution in [3.8, 4) is 11.5 Å². The first-order chi connectivity index (χ1) is 16.9. The van der Waals surface area contributed by atoms with E-state index in [1.165, 1.54) is 0 Å². The Bertz CT molecular complexity index is 1070. The van der Waals surface area contributed by atoms with Gasteiger partial charge in [-0.15, -0.1) is 0 Å². The summed E-state index contributed by atoms with van der Waals surface area (Å²) >= 11 is 0. The molecule has 35 heavy (non-hydrogen) atoms. The molecular formula is C28H36N2O5. The number of aliphatic hydroxyl groups is 1. The molecular weight excluding hydrogens is 444 g/mol. The van der Waals surface area contributed by atoms with Crippen molar-refractivity contribution in [2.45, 2.75) is 40.2 Å². The van der Waals surface area contributed by atoms with E-state index in [1.54, 1.807) is 36.3 Å². The third-order valence-electron chi connectivity index (χ3n) is 6.44. The molecule has 0 aromatic heterocycles. The van der Waals surface area contributed by atoms with E-state index in [9.17, 15) is 14.7 Å². The number of likely N-dealkylation sites (tertiary alicyclic amines) is 1. The highest BCUT2D eigenvalue weighted by Gasteiger charge is 2.46. The molecule has 0 bridgehead atoms. The monoisotopic (exact) mass is 480 g/mol. The summed E-state index contributed by atoms with van der Waals surface area (Å²) in [5.74, 6) is -0.364. The lowest BCUT2D eigenvalue weighted by atomic mass is 9.94. The van der Waals surface area contributed by atoms with Gasteiger partial charge in [-0.3, -0.25) is 9.59 Å². The Balaban J connectivity index is 2.08. The summed E-state index contributed by atoms with van der Waals surface area (Å²) in [5, 5.41) is 11.2. The minimum absolute atomic E-state index is 0.0907. The number of benzene rings is 2. The molecule has 1 aliphatic heterocycles. The largest absolute Gasteiger partial charge is 0.507 e. The number of aliphatic hydroxyl groups excluding tert-OH is 1. The van der Waals surface area contributed by atoms with Crippen LogP contribution < -0.4 is 9.47 Å². The number of ketones is 1. The number of Topliss-reactive ketones (excluding diaryl/α,β-unsaturated/α-hetero) is 1. The van der Waals surface area contributed by atoms with Crippen molar-refractivity contribution in [1.29, 1.82) is 0 Å². The summed E-state index contributed by atoms with van der Waals surface area (Å²) < 4.78 is 11.2. The predicted octanol–water partition coefficient (Wildman–Crippen LogP) is 4.56. The van der Waals surface area contributed by atoms with Crippen LogP contribution in [-0.4, -0.2) is 66.5 Å². The highest BCUT2D eigenvalue weighted by atomic mass is 16.5. The maximum absolute atomic E-state index is 13.2. The second-order valence-corrected chi connectivity index (χ2v) is 8.58. The summed E-state index contributed by atoms with van der Waals surface area (Å²) in [4.78, 5) is 30.3. The van der Waals surface area contributed by atoms with E-state index in [-0.39, 0.29) is 11.3 Å². The summed E-state index contributed by atoms with van der Waals surface area (Å²) in [7, 11) is 1.55. The van der Waals surface area contributed by atoms with Gasteiger partial charge in [0.2, 0.25) is 0 Å². The van der Waals surface area contributed by atoms with Crippen molar-refractivity contribution in [3.05, 3.63) is 64.7 Å². The van der Waals surface area contributed by atoms with Crippen molar-refractivity contribution in [3.63, 3.8) is 0 Å². The standard InChI is InChI=1S/C28H36N2O5/c1-6-29(7-2)16-9-17-30-25(21-14-15-22(35-8-3)23(18-21)34-5)24(27(32)28(30)33)26(31)20-12-10-19(4)11-13-20/h10-15,18,25,31H,6-9,16-17H2,1-5H3/b26-24-. The number of carbonyl (C=O) groups is 2. The Hall–Kier alpha value is -3.32. The van der Waals surface area contributed by atoms with Gasteiger partial charge in [0, 0.05) is 12.1 Å². The van der Waals surface area contributed by atoms with Crippen LogP contribution in [-0.2, 0) is 9.59 Å². The van der Waals surface area contributed by atoms with Gasteiger partial charge in [-0.2, -0.15) is 0 Å². The summed E-state index contributed by atoms with van der Waals surface area (Å²) in [6.07, 6.45) is 0.712. The van der Waals surface area contributed by atoms with Crippen LogP contribution in [0.15, 0.2) is 48.0 Å². The lowest BCUT2D eigenvalue weighted by molar-refractivity contribution is -0.140. The van der Waals surface area contributed by atoms with E-state index in [2.05, 4.69) is 18.7 Å². The van der Waals surface area contributed by atoms with Gasteiger partial charge < -0.3 is 24.4 Å². The van der Waals surface area contributed by atoms with Crippen LogP contribution in [0, 0.1) is 6.92 Å². The van der Waals surface area contributed by atoms with E-state index < -0.39 is 17.7 Å². The number of rotatable bonds is 11. The molecule has 3 rings (SSSR count). The van der Waals surface area contributed by atoms with Crippen LogP contribution in [0.4, 0.5) is 0 Å². The molecule has 0 saturated carbocycles. The number of nitrogens with zero attached hydrogens (tertiary/aromatic N) is 2. The maximum Gasteiger partial charge on any atom is 0.295 e. The zero-order valence-electron chi connectivity index (χ0n) is 21.3. The van der Waals surface area contributed by atoms with Crippen molar-refractivity contribution < 1.29 is 24.2 Å². The molecule has 7 heteroatoms. The molecule has 1 fully saturated rings. The number of amides is 1. The smallest absolute Gasteiger partial charge is 0.295 e. The number of hydrogen-bond acceptors (Lipinski definition) is 6.